The van der Waals surface area contributed by atoms with Crippen molar-refractivity contribution >= 4 is 22.7 Å². The Balaban J connectivity index is 1.95. The molecule has 0 spiro atoms. The zero-order valence-electron chi connectivity index (χ0n) is 10.5. The lowest BCUT2D eigenvalue weighted by molar-refractivity contribution is 0.0495. The van der Waals surface area contributed by atoms with Gasteiger partial charge in [-0.2, -0.15) is 4.98 Å². The molecule has 0 radical (unpaired) electrons. The third-order valence-electron chi connectivity index (χ3n) is 3.01. The lowest BCUT2D eigenvalue weighted by Gasteiger charge is -2.27. The number of aromatic nitrogens is 2. The Hall–Kier alpha value is -1.96. The van der Waals surface area contributed by atoms with Gasteiger partial charge in [-0.15, -0.1) is 0 Å². The highest BCUT2D eigenvalue weighted by molar-refractivity contribution is 5.89. The molecule has 0 amide bonds. The lowest BCUT2D eigenvalue weighted by atomic mass is 10.2. The summed E-state index contributed by atoms with van der Waals surface area (Å²) in [7, 11) is 0. The maximum absolute atomic E-state index is 5.41. The molecule has 4 N–H and O–H groups in total. The average molecular weight is 260 g/mol. The number of rotatable bonds is 3. The van der Waals surface area contributed by atoms with Gasteiger partial charge >= 0.3 is 0 Å². The fraction of sp³-hybridized carbons (Fsp3) is 0.333. The van der Waals surface area contributed by atoms with Gasteiger partial charge in [-0.3, -0.25) is 5.43 Å². The first kappa shape index (κ1) is 12.1. The SMILES string of the molecule is NNc1nc(NN2CCOCC2)c2ccccc2n1. The molecule has 1 aliphatic heterocycles. The smallest absolute Gasteiger partial charge is 0.239 e. The summed E-state index contributed by atoms with van der Waals surface area (Å²) in [5.74, 6) is 6.55. The summed E-state index contributed by atoms with van der Waals surface area (Å²) in [6.07, 6.45) is 0. The van der Waals surface area contributed by atoms with E-state index in [-0.39, 0.29) is 0 Å². The number of hydrazine groups is 2. The fourth-order valence-electron chi connectivity index (χ4n) is 2.05. The van der Waals surface area contributed by atoms with Gasteiger partial charge in [-0.05, 0) is 12.1 Å². The van der Waals surface area contributed by atoms with Crippen molar-refractivity contribution in [3.05, 3.63) is 24.3 Å². The van der Waals surface area contributed by atoms with E-state index in [1.54, 1.807) is 0 Å². The minimum Gasteiger partial charge on any atom is -0.379 e. The molecular weight excluding hydrogens is 244 g/mol. The number of para-hydroxylation sites is 1. The molecule has 1 aromatic carbocycles. The van der Waals surface area contributed by atoms with Crippen LogP contribution in [0.3, 0.4) is 0 Å². The second kappa shape index (κ2) is 5.35. The minimum absolute atomic E-state index is 0.398. The van der Waals surface area contributed by atoms with Crippen LogP contribution in [0.2, 0.25) is 0 Å². The van der Waals surface area contributed by atoms with E-state index in [0.717, 1.165) is 43.0 Å². The van der Waals surface area contributed by atoms with Crippen molar-refractivity contribution in [1.82, 2.24) is 15.0 Å². The highest BCUT2D eigenvalue weighted by atomic mass is 16.5. The molecule has 1 aliphatic rings. The maximum atomic E-state index is 5.41. The van der Waals surface area contributed by atoms with Crippen LogP contribution in [-0.2, 0) is 4.74 Å². The van der Waals surface area contributed by atoms with E-state index in [9.17, 15) is 0 Å². The number of hydrogen-bond acceptors (Lipinski definition) is 7. The topological polar surface area (TPSA) is 88.3 Å². The van der Waals surface area contributed by atoms with Gasteiger partial charge in [0.1, 0.15) is 0 Å². The maximum Gasteiger partial charge on any atom is 0.239 e. The molecule has 7 nitrogen and oxygen atoms in total. The van der Waals surface area contributed by atoms with Gasteiger partial charge in [0.2, 0.25) is 5.95 Å². The molecule has 7 heteroatoms. The van der Waals surface area contributed by atoms with Crippen molar-refractivity contribution in [2.24, 2.45) is 5.84 Å². The Labute approximate surface area is 110 Å². The van der Waals surface area contributed by atoms with E-state index in [1.165, 1.54) is 0 Å². The Morgan fingerprint density at radius 2 is 1.95 bits per heavy atom. The third kappa shape index (κ3) is 2.58. The summed E-state index contributed by atoms with van der Waals surface area (Å²) in [4.78, 5) is 8.69. The largest absolute Gasteiger partial charge is 0.379 e. The number of hydrogen-bond donors (Lipinski definition) is 3. The fourth-order valence-corrected chi connectivity index (χ4v) is 2.05. The predicted molar refractivity (Wildman–Crippen MR) is 73.4 cm³/mol. The number of anilines is 2. The Morgan fingerprint density at radius 1 is 1.16 bits per heavy atom. The van der Waals surface area contributed by atoms with Gasteiger partial charge in [0.15, 0.2) is 5.82 Å². The van der Waals surface area contributed by atoms with Crippen LogP contribution in [0.1, 0.15) is 0 Å². The van der Waals surface area contributed by atoms with E-state index < -0.39 is 0 Å². The van der Waals surface area contributed by atoms with Crippen LogP contribution >= 0.6 is 0 Å². The van der Waals surface area contributed by atoms with E-state index in [2.05, 4.69) is 25.8 Å². The van der Waals surface area contributed by atoms with E-state index in [1.807, 2.05) is 24.3 Å². The molecule has 0 unspecified atom stereocenters. The number of ether oxygens (including phenoxy) is 1. The lowest BCUT2D eigenvalue weighted by Crippen LogP contribution is -2.40. The molecule has 2 aromatic rings. The van der Waals surface area contributed by atoms with E-state index >= 15 is 0 Å². The summed E-state index contributed by atoms with van der Waals surface area (Å²) in [6, 6.07) is 7.82. The Bertz CT molecular complexity index is 569. The second-order valence-electron chi connectivity index (χ2n) is 4.27. The third-order valence-corrected chi connectivity index (χ3v) is 3.01. The first-order valence-corrected chi connectivity index (χ1v) is 6.19. The molecule has 2 heterocycles. The number of nitrogen functional groups attached to an aromatic ring is 1. The zero-order valence-corrected chi connectivity index (χ0v) is 10.5. The predicted octanol–water partition coefficient (Wildman–Crippen LogP) is 0.575. The van der Waals surface area contributed by atoms with Crippen LogP contribution in [0.5, 0.6) is 0 Å². The van der Waals surface area contributed by atoms with Crippen molar-refractivity contribution in [3.8, 4) is 0 Å². The molecule has 0 bridgehead atoms. The molecular formula is C12H16N6O. The summed E-state index contributed by atoms with van der Waals surface area (Å²) in [5, 5.41) is 3.05. The zero-order chi connectivity index (χ0) is 13.1. The molecule has 1 fully saturated rings. The van der Waals surface area contributed by atoms with Gasteiger partial charge < -0.3 is 10.2 Å². The van der Waals surface area contributed by atoms with Gasteiger partial charge in [0.05, 0.1) is 18.7 Å². The Morgan fingerprint density at radius 3 is 2.74 bits per heavy atom. The van der Waals surface area contributed by atoms with Crippen molar-refractivity contribution in [1.29, 1.82) is 0 Å². The monoisotopic (exact) mass is 260 g/mol. The van der Waals surface area contributed by atoms with Crippen LogP contribution in [-0.4, -0.2) is 41.3 Å². The van der Waals surface area contributed by atoms with Crippen LogP contribution in [0, 0.1) is 0 Å². The molecule has 0 aliphatic carbocycles. The van der Waals surface area contributed by atoms with Gasteiger partial charge in [0.25, 0.3) is 0 Å². The molecule has 0 saturated carbocycles. The molecule has 100 valence electrons. The van der Waals surface area contributed by atoms with Crippen molar-refractivity contribution in [3.63, 3.8) is 0 Å². The number of nitrogens with two attached hydrogens (primary N) is 1. The van der Waals surface area contributed by atoms with Crippen molar-refractivity contribution < 1.29 is 4.74 Å². The molecule has 1 aromatic heterocycles. The molecule has 3 rings (SSSR count). The summed E-state index contributed by atoms with van der Waals surface area (Å²) >= 11 is 0. The summed E-state index contributed by atoms with van der Waals surface area (Å²) in [6.45, 7) is 3.09. The van der Waals surface area contributed by atoms with Gasteiger partial charge in [0, 0.05) is 18.5 Å². The Kier molecular flexibility index (Phi) is 3.41. The molecule has 19 heavy (non-hydrogen) atoms. The number of nitrogens with one attached hydrogen (secondary N) is 2. The second-order valence-corrected chi connectivity index (χ2v) is 4.27. The van der Waals surface area contributed by atoms with Crippen LogP contribution < -0.4 is 16.7 Å². The number of nitrogens with zero attached hydrogens (tertiary/aromatic N) is 3. The highest BCUT2D eigenvalue weighted by Gasteiger charge is 2.13. The first-order chi connectivity index (χ1) is 9.36. The first-order valence-electron chi connectivity index (χ1n) is 6.19. The molecule has 0 atom stereocenters. The average Bonchev–Trinajstić information content (AvgIpc) is 2.48. The van der Waals surface area contributed by atoms with E-state index in [4.69, 9.17) is 10.6 Å². The standard InChI is InChI=1S/C12H16N6O/c13-16-12-14-10-4-2-1-3-9(10)11(15-12)17-18-5-7-19-8-6-18/h1-4H,5-8,13H2,(H2,14,15,16,17). The molecule has 1 saturated heterocycles. The quantitative estimate of drug-likeness (QED) is 0.549. The number of fused-ring (bicyclic) bond motifs is 1. The van der Waals surface area contributed by atoms with Gasteiger partial charge in [-0.25, -0.2) is 15.8 Å². The van der Waals surface area contributed by atoms with Gasteiger partial charge in [-0.1, -0.05) is 12.1 Å². The van der Waals surface area contributed by atoms with Crippen LogP contribution in [0.4, 0.5) is 11.8 Å². The number of benzene rings is 1. The number of morpholine rings is 1. The van der Waals surface area contributed by atoms with Crippen LogP contribution in [0.15, 0.2) is 24.3 Å². The van der Waals surface area contributed by atoms with Crippen molar-refractivity contribution in [2.75, 3.05) is 37.2 Å². The van der Waals surface area contributed by atoms with Crippen LogP contribution in [0.25, 0.3) is 10.9 Å². The summed E-state index contributed by atoms with van der Waals surface area (Å²) < 4.78 is 5.32. The normalized spacial score (nSPS) is 16.5. The minimum atomic E-state index is 0.398. The van der Waals surface area contributed by atoms with E-state index in [0.29, 0.717) is 5.95 Å². The van der Waals surface area contributed by atoms with Crippen molar-refractivity contribution in [2.45, 2.75) is 0 Å². The highest BCUT2D eigenvalue weighted by Crippen LogP contribution is 2.22. The summed E-state index contributed by atoms with van der Waals surface area (Å²) in [5.41, 5.74) is 6.64.